The van der Waals surface area contributed by atoms with Crippen molar-refractivity contribution in [2.24, 2.45) is 52.3 Å². The first-order valence-corrected chi connectivity index (χ1v) is 14.7. The maximum atomic E-state index is 15.1. The van der Waals surface area contributed by atoms with Crippen LogP contribution in [0.2, 0.25) is 0 Å². The van der Waals surface area contributed by atoms with Crippen molar-refractivity contribution in [2.75, 3.05) is 6.26 Å². The lowest BCUT2D eigenvalue weighted by Gasteiger charge is -2.61. The molecule has 4 aliphatic rings. The Morgan fingerprint density at radius 3 is 2.37 bits per heavy atom. The summed E-state index contributed by atoms with van der Waals surface area (Å²) in [6, 6.07) is 0. The molecule has 0 amide bonds. The normalized spacial score (nSPS) is 49.4. The molecule has 0 aromatic rings. The molecule has 0 aromatic carbocycles. The predicted octanol–water partition coefficient (Wildman–Crippen LogP) is 8.79. The van der Waals surface area contributed by atoms with Crippen molar-refractivity contribution in [1.29, 1.82) is 0 Å². The van der Waals surface area contributed by atoms with Gasteiger partial charge in [0.1, 0.15) is 6.17 Å². The Kier molecular flexibility index (Phi) is 6.96. The van der Waals surface area contributed by atoms with E-state index in [1.54, 1.807) is 11.8 Å². The number of hydrogen-bond acceptors (Lipinski definition) is 1. The molecule has 0 saturated heterocycles. The maximum absolute atomic E-state index is 15.1. The zero-order chi connectivity index (χ0) is 21.7. The van der Waals surface area contributed by atoms with Crippen molar-refractivity contribution < 1.29 is 4.39 Å². The molecule has 10 atom stereocenters. The second-order valence-corrected chi connectivity index (χ2v) is 14.0. The van der Waals surface area contributed by atoms with Crippen LogP contribution in [-0.4, -0.2) is 17.7 Å². The van der Waals surface area contributed by atoms with Gasteiger partial charge in [0.05, 0.1) is 0 Å². The quantitative estimate of drug-likeness (QED) is 0.401. The van der Waals surface area contributed by atoms with E-state index in [-0.39, 0.29) is 10.7 Å². The van der Waals surface area contributed by atoms with Gasteiger partial charge in [-0.1, -0.05) is 53.9 Å². The van der Waals surface area contributed by atoms with Gasteiger partial charge in [0.15, 0.2) is 0 Å². The summed E-state index contributed by atoms with van der Waals surface area (Å²) >= 11 is 1.79. The zero-order valence-electron chi connectivity index (χ0n) is 20.8. The van der Waals surface area contributed by atoms with E-state index in [2.05, 4.69) is 40.9 Å². The van der Waals surface area contributed by atoms with E-state index in [0.29, 0.717) is 5.41 Å². The Morgan fingerprint density at radius 2 is 1.67 bits per heavy atom. The van der Waals surface area contributed by atoms with E-state index >= 15 is 4.39 Å². The van der Waals surface area contributed by atoms with Crippen LogP contribution in [0.1, 0.15) is 105 Å². The molecule has 30 heavy (non-hydrogen) atoms. The molecule has 0 nitrogen and oxygen atoms in total. The largest absolute Gasteiger partial charge is 0.246 e. The molecule has 1 unspecified atom stereocenters. The van der Waals surface area contributed by atoms with Gasteiger partial charge in [0.2, 0.25) is 0 Å². The van der Waals surface area contributed by atoms with Crippen LogP contribution in [-0.2, 0) is 0 Å². The summed E-state index contributed by atoms with van der Waals surface area (Å²) in [5, 5.41) is 0.260. The predicted molar refractivity (Wildman–Crippen MR) is 131 cm³/mol. The number of hydrogen-bond donors (Lipinski definition) is 0. The van der Waals surface area contributed by atoms with E-state index < -0.39 is 6.17 Å². The number of thioether (sulfide) groups is 1. The van der Waals surface area contributed by atoms with Gasteiger partial charge in [-0.15, -0.1) is 0 Å². The second kappa shape index (κ2) is 8.90. The lowest BCUT2D eigenvalue weighted by atomic mass is 9.44. The highest BCUT2D eigenvalue weighted by molar-refractivity contribution is 7.99. The van der Waals surface area contributed by atoms with Crippen molar-refractivity contribution in [3.63, 3.8) is 0 Å². The molecule has 4 fully saturated rings. The summed E-state index contributed by atoms with van der Waals surface area (Å²) in [7, 11) is 0. The van der Waals surface area contributed by atoms with Crippen LogP contribution in [0.5, 0.6) is 0 Å². The Morgan fingerprint density at radius 1 is 0.933 bits per heavy atom. The smallest absolute Gasteiger partial charge is 0.112 e. The van der Waals surface area contributed by atoms with Crippen LogP contribution in [0.3, 0.4) is 0 Å². The average molecular weight is 437 g/mol. The molecule has 0 radical (unpaired) electrons. The molecule has 0 N–H and O–H groups in total. The fraction of sp³-hybridized carbons (Fsp3) is 1.00. The topological polar surface area (TPSA) is 0 Å². The summed E-state index contributed by atoms with van der Waals surface area (Å²) in [4.78, 5) is 0. The van der Waals surface area contributed by atoms with E-state index in [1.807, 2.05) is 0 Å². The fourth-order valence-corrected chi connectivity index (χ4v) is 10.3. The number of halogens is 1. The molecule has 0 heterocycles. The first kappa shape index (κ1) is 23.4. The van der Waals surface area contributed by atoms with E-state index in [4.69, 9.17) is 0 Å². The Bertz CT molecular complexity index is 589. The van der Waals surface area contributed by atoms with Gasteiger partial charge in [0.25, 0.3) is 0 Å². The van der Waals surface area contributed by atoms with E-state index in [9.17, 15) is 0 Å². The van der Waals surface area contributed by atoms with Gasteiger partial charge in [-0.25, -0.2) is 4.39 Å². The minimum atomic E-state index is -0.578. The zero-order valence-corrected chi connectivity index (χ0v) is 21.6. The Hall–Kier alpha value is 0.280. The highest BCUT2D eigenvalue weighted by atomic mass is 32.2. The molecule has 4 saturated carbocycles. The minimum absolute atomic E-state index is 0.260. The lowest BCUT2D eigenvalue weighted by Crippen LogP contribution is -2.55. The first-order valence-electron chi connectivity index (χ1n) is 13.4. The van der Waals surface area contributed by atoms with Crippen molar-refractivity contribution in [3.05, 3.63) is 0 Å². The van der Waals surface area contributed by atoms with Crippen molar-refractivity contribution in [2.45, 2.75) is 117 Å². The fourth-order valence-electron chi connectivity index (χ4n) is 9.49. The van der Waals surface area contributed by atoms with Gasteiger partial charge in [-0.05, 0) is 110 Å². The molecule has 4 rings (SSSR count). The van der Waals surface area contributed by atoms with Crippen molar-refractivity contribution in [1.82, 2.24) is 0 Å². The standard InChI is InChI=1S/C28H49FS/c1-18(2)8-7-9-19(3)22-12-13-23-21-11-10-20-16-26(30-6)25(29)17-28(20,5)24(21)14-15-27(22,23)4/h18-26H,7-17H2,1-6H3/t19?,20-,21-,22+,23-,24-,25-,26-,27+,28-/m0/s1. The highest BCUT2D eigenvalue weighted by Crippen LogP contribution is 2.68. The molecule has 0 spiro atoms. The highest BCUT2D eigenvalue weighted by Gasteiger charge is 2.61. The van der Waals surface area contributed by atoms with Crippen LogP contribution in [0.25, 0.3) is 0 Å². The monoisotopic (exact) mass is 436 g/mol. The van der Waals surface area contributed by atoms with Gasteiger partial charge < -0.3 is 0 Å². The summed E-state index contributed by atoms with van der Waals surface area (Å²) in [5.41, 5.74) is 0.837. The Labute approximate surface area is 191 Å². The summed E-state index contributed by atoms with van der Waals surface area (Å²) in [6.45, 7) is 12.5. The second-order valence-electron chi connectivity index (χ2n) is 12.9. The number of fused-ring (bicyclic) bond motifs is 5. The van der Waals surface area contributed by atoms with Gasteiger partial charge in [-0.2, -0.15) is 11.8 Å². The first-order chi connectivity index (χ1) is 14.2. The molecule has 0 aromatic heterocycles. The van der Waals surface area contributed by atoms with Crippen molar-refractivity contribution >= 4 is 11.8 Å². The van der Waals surface area contributed by atoms with E-state index in [1.165, 1.54) is 57.8 Å². The SMILES string of the molecule is CS[C@H]1C[C@@H]2CC[C@@H]3[C@H](CC[C@]4(C)[C@@H](C(C)CCCC(C)C)CC[C@@H]34)[C@@]2(C)C[C@@H]1F. The molecule has 0 bridgehead atoms. The number of rotatable bonds is 6. The third kappa shape index (κ3) is 3.92. The summed E-state index contributed by atoms with van der Waals surface area (Å²) in [6.07, 6.45) is 16.3. The van der Waals surface area contributed by atoms with Crippen LogP contribution in [0.4, 0.5) is 4.39 Å². The molecule has 0 aliphatic heterocycles. The van der Waals surface area contributed by atoms with E-state index in [0.717, 1.165) is 54.3 Å². The summed E-state index contributed by atoms with van der Waals surface area (Å²) in [5.74, 6) is 6.04. The molecule has 174 valence electrons. The molecular formula is C28H49FS. The minimum Gasteiger partial charge on any atom is -0.246 e. The van der Waals surface area contributed by atoms with Gasteiger partial charge >= 0.3 is 0 Å². The summed E-state index contributed by atoms with van der Waals surface area (Å²) < 4.78 is 15.1. The van der Waals surface area contributed by atoms with Gasteiger partial charge in [0, 0.05) is 5.25 Å². The molecular weight excluding hydrogens is 387 g/mol. The third-order valence-corrected chi connectivity index (χ3v) is 12.2. The van der Waals surface area contributed by atoms with Crippen LogP contribution >= 0.6 is 11.8 Å². The number of alkyl halides is 1. The van der Waals surface area contributed by atoms with Gasteiger partial charge in [-0.3, -0.25) is 0 Å². The molecule has 4 aliphatic carbocycles. The lowest BCUT2D eigenvalue weighted by molar-refractivity contribution is -0.123. The van der Waals surface area contributed by atoms with Crippen LogP contribution in [0.15, 0.2) is 0 Å². The average Bonchev–Trinajstić information content (AvgIpc) is 3.04. The molecule has 2 heteroatoms. The van der Waals surface area contributed by atoms with Crippen LogP contribution in [0, 0.1) is 52.3 Å². The Balaban J connectivity index is 1.47. The van der Waals surface area contributed by atoms with Crippen molar-refractivity contribution in [3.8, 4) is 0 Å². The van der Waals surface area contributed by atoms with Crippen LogP contribution < -0.4 is 0 Å². The third-order valence-electron chi connectivity index (χ3n) is 11.1. The maximum Gasteiger partial charge on any atom is 0.112 e.